The summed E-state index contributed by atoms with van der Waals surface area (Å²) in [4.78, 5) is 16.4. The van der Waals surface area contributed by atoms with Gasteiger partial charge in [-0.2, -0.15) is 0 Å². The number of carbonyl (C=O) groups excluding carboxylic acids is 1. The van der Waals surface area contributed by atoms with E-state index in [0.29, 0.717) is 44.2 Å². The topological polar surface area (TPSA) is 58.6 Å². The van der Waals surface area contributed by atoms with E-state index in [1.165, 1.54) is 24.2 Å². The van der Waals surface area contributed by atoms with Gasteiger partial charge in [0, 0.05) is 22.4 Å². The number of benzene rings is 1. The van der Waals surface area contributed by atoms with Gasteiger partial charge in [0.1, 0.15) is 5.75 Å². The third kappa shape index (κ3) is 3.51. The molecule has 26 heavy (non-hydrogen) atoms. The van der Waals surface area contributed by atoms with E-state index in [1.807, 2.05) is 0 Å². The molecule has 4 heterocycles. The van der Waals surface area contributed by atoms with Crippen molar-refractivity contribution in [1.29, 1.82) is 0 Å². The highest BCUT2D eigenvalue weighted by Gasteiger charge is 2.40. The molecule has 0 spiro atoms. The average molecular weight is 390 g/mol. The van der Waals surface area contributed by atoms with Crippen molar-refractivity contribution in [1.82, 2.24) is 10.2 Å². The summed E-state index contributed by atoms with van der Waals surface area (Å²) in [6.45, 7) is 4.51. The van der Waals surface area contributed by atoms with Crippen LogP contribution in [-0.2, 0) is 15.9 Å². The summed E-state index contributed by atoms with van der Waals surface area (Å²) in [5.74, 6) is 1.16. The Kier molecular flexibility index (Phi) is 5.02. The molecule has 1 aromatic heterocycles. The molecular formula is C19H21N2O3S2+. The summed E-state index contributed by atoms with van der Waals surface area (Å²) in [7, 11) is 0. The molecule has 0 unspecified atom stereocenters. The SMILES string of the molecule is C[C@H]1[C@H](NC(=O)c2ccc(Oc3cccc([S+]=O)c3)s2)C2CCN1CC2. The first-order valence-electron chi connectivity index (χ1n) is 8.86. The highest BCUT2D eigenvalue weighted by Crippen LogP contribution is 2.33. The number of hydrogen-bond acceptors (Lipinski definition) is 5. The van der Waals surface area contributed by atoms with E-state index in [2.05, 4.69) is 17.1 Å². The van der Waals surface area contributed by atoms with Crippen LogP contribution >= 0.6 is 11.3 Å². The number of fused-ring (bicyclic) bond motifs is 3. The number of nitrogens with one attached hydrogen (secondary N) is 1. The van der Waals surface area contributed by atoms with Crippen molar-refractivity contribution in [3.8, 4) is 10.8 Å². The second-order valence-electron chi connectivity index (χ2n) is 6.89. The summed E-state index contributed by atoms with van der Waals surface area (Å²) in [5.41, 5.74) is 0. The number of rotatable bonds is 5. The van der Waals surface area contributed by atoms with Crippen LogP contribution in [0.2, 0.25) is 0 Å². The maximum atomic E-state index is 12.7. The first-order chi connectivity index (χ1) is 12.6. The standard InChI is InChI=1S/C19H20N2O3S2/c1-12-18(13-7-9-21(12)10-8-13)20-19(22)16-5-6-17(25-16)24-14-3-2-4-15(11-14)26-23/h2-6,11-13,18H,7-10H2,1H3/p+1/t12-,18-/m0/s1. The van der Waals surface area contributed by atoms with Gasteiger partial charge in [0.05, 0.1) is 10.9 Å². The Bertz CT molecular complexity index is 813. The minimum atomic E-state index is -0.0284. The van der Waals surface area contributed by atoms with Crippen molar-refractivity contribution in [2.24, 2.45) is 5.92 Å². The molecule has 7 heteroatoms. The lowest BCUT2D eigenvalue weighted by molar-refractivity contribution is 0.0218. The third-order valence-electron chi connectivity index (χ3n) is 5.40. The molecule has 3 saturated heterocycles. The fraction of sp³-hybridized carbons (Fsp3) is 0.421. The van der Waals surface area contributed by atoms with Gasteiger partial charge in [-0.25, -0.2) is 0 Å². The molecule has 0 aliphatic carbocycles. The van der Waals surface area contributed by atoms with E-state index in [4.69, 9.17) is 4.74 Å². The molecule has 5 nitrogen and oxygen atoms in total. The number of amides is 1. The normalized spacial score (nSPS) is 27.1. The fourth-order valence-corrected chi connectivity index (χ4v) is 5.05. The molecule has 0 saturated carbocycles. The van der Waals surface area contributed by atoms with Crippen molar-refractivity contribution >= 4 is 28.9 Å². The lowest BCUT2D eigenvalue weighted by Gasteiger charge is -2.49. The molecule has 1 amide bonds. The van der Waals surface area contributed by atoms with Crippen LogP contribution in [0.3, 0.4) is 0 Å². The van der Waals surface area contributed by atoms with Crippen LogP contribution in [0, 0.1) is 5.92 Å². The van der Waals surface area contributed by atoms with Crippen molar-refractivity contribution < 1.29 is 13.7 Å². The highest BCUT2D eigenvalue weighted by molar-refractivity contribution is 7.65. The molecule has 1 N–H and O–H groups in total. The number of ether oxygens (including phenoxy) is 1. The minimum Gasteiger partial charge on any atom is -0.446 e. The Labute approximate surface area is 160 Å². The number of nitrogens with zero attached hydrogens (tertiary/aromatic N) is 1. The first-order valence-corrected chi connectivity index (χ1v) is 10.4. The van der Waals surface area contributed by atoms with Gasteiger partial charge < -0.3 is 10.1 Å². The number of carbonyl (C=O) groups is 1. The average Bonchev–Trinajstić information content (AvgIpc) is 3.13. The largest absolute Gasteiger partial charge is 0.505 e. The number of piperidine rings is 3. The second-order valence-corrected chi connectivity index (χ2v) is 8.58. The molecule has 0 radical (unpaired) electrons. The number of hydrogen-bond donors (Lipinski definition) is 1. The maximum absolute atomic E-state index is 12.7. The van der Waals surface area contributed by atoms with Gasteiger partial charge in [0.25, 0.3) is 10.8 Å². The summed E-state index contributed by atoms with van der Waals surface area (Å²) < 4.78 is 16.7. The Hall–Kier alpha value is -1.83. The monoisotopic (exact) mass is 389 g/mol. The molecule has 3 fully saturated rings. The minimum absolute atomic E-state index is 0.0284. The Morgan fingerprint density at radius 1 is 1.27 bits per heavy atom. The maximum Gasteiger partial charge on any atom is 0.505 e. The van der Waals surface area contributed by atoms with Gasteiger partial charge in [-0.05, 0) is 57.0 Å². The highest BCUT2D eigenvalue weighted by atomic mass is 32.1. The fourth-order valence-electron chi connectivity index (χ4n) is 3.97. The lowest BCUT2D eigenvalue weighted by atomic mass is 9.79. The van der Waals surface area contributed by atoms with Crippen LogP contribution in [0.5, 0.6) is 10.8 Å². The van der Waals surface area contributed by atoms with E-state index >= 15 is 0 Å². The molecular weight excluding hydrogens is 368 g/mol. The molecule has 3 aliphatic rings. The molecule has 3 aliphatic heterocycles. The van der Waals surface area contributed by atoms with Crippen molar-refractivity contribution in [2.75, 3.05) is 13.1 Å². The summed E-state index contributed by atoms with van der Waals surface area (Å²) in [6.07, 6.45) is 2.34. The Balaban J connectivity index is 1.42. The van der Waals surface area contributed by atoms with E-state index in [9.17, 15) is 9.00 Å². The smallest absolute Gasteiger partial charge is 0.446 e. The third-order valence-corrected chi connectivity index (χ3v) is 6.81. The Morgan fingerprint density at radius 2 is 2.08 bits per heavy atom. The van der Waals surface area contributed by atoms with Crippen LogP contribution in [0.4, 0.5) is 0 Å². The van der Waals surface area contributed by atoms with Crippen LogP contribution in [0.15, 0.2) is 41.3 Å². The quantitative estimate of drug-likeness (QED) is 0.795. The molecule has 2 bridgehead atoms. The van der Waals surface area contributed by atoms with Gasteiger partial charge in [-0.15, -0.1) is 0 Å². The number of thiophene rings is 1. The zero-order valence-corrected chi connectivity index (χ0v) is 16.1. The van der Waals surface area contributed by atoms with Crippen molar-refractivity contribution in [3.05, 3.63) is 41.3 Å². The van der Waals surface area contributed by atoms with Crippen LogP contribution in [0.25, 0.3) is 0 Å². The van der Waals surface area contributed by atoms with E-state index in [1.54, 1.807) is 36.4 Å². The van der Waals surface area contributed by atoms with Gasteiger partial charge in [-0.1, -0.05) is 17.4 Å². The van der Waals surface area contributed by atoms with Crippen LogP contribution < -0.4 is 10.1 Å². The van der Waals surface area contributed by atoms with Gasteiger partial charge in [-0.3, -0.25) is 9.69 Å². The predicted molar refractivity (Wildman–Crippen MR) is 102 cm³/mol. The molecule has 1 aromatic carbocycles. The van der Waals surface area contributed by atoms with Gasteiger partial charge in [0.15, 0.2) is 5.06 Å². The summed E-state index contributed by atoms with van der Waals surface area (Å²) >= 11 is 1.76. The van der Waals surface area contributed by atoms with E-state index in [-0.39, 0.29) is 11.9 Å². The molecule has 136 valence electrons. The lowest BCUT2D eigenvalue weighted by Crippen LogP contribution is -2.62. The Morgan fingerprint density at radius 3 is 2.81 bits per heavy atom. The van der Waals surface area contributed by atoms with Gasteiger partial charge in [0.2, 0.25) is 0 Å². The summed E-state index contributed by atoms with van der Waals surface area (Å²) in [6, 6.07) is 11.2. The molecule has 2 atom stereocenters. The zero-order chi connectivity index (χ0) is 18.1. The molecule has 2 aromatic rings. The van der Waals surface area contributed by atoms with E-state index in [0.717, 1.165) is 13.1 Å². The van der Waals surface area contributed by atoms with E-state index < -0.39 is 0 Å². The van der Waals surface area contributed by atoms with Gasteiger partial charge >= 0.3 is 11.7 Å². The van der Waals surface area contributed by atoms with Crippen LogP contribution in [-0.4, -0.2) is 36.0 Å². The summed E-state index contributed by atoms with van der Waals surface area (Å²) in [5, 5.41) is 3.89. The van der Waals surface area contributed by atoms with Crippen molar-refractivity contribution in [2.45, 2.75) is 36.7 Å². The predicted octanol–water partition coefficient (Wildman–Crippen LogP) is 3.54. The van der Waals surface area contributed by atoms with Crippen molar-refractivity contribution in [3.63, 3.8) is 0 Å². The zero-order valence-electron chi connectivity index (χ0n) is 14.5. The molecule has 5 rings (SSSR count). The second kappa shape index (κ2) is 7.42. The first kappa shape index (κ1) is 17.6. The van der Waals surface area contributed by atoms with Crippen LogP contribution in [0.1, 0.15) is 29.4 Å².